The summed E-state index contributed by atoms with van der Waals surface area (Å²) in [6, 6.07) is 8.39. The topological polar surface area (TPSA) is 46.8 Å². The van der Waals surface area contributed by atoms with Gasteiger partial charge in [-0.25, -0.2) is 9.97 Å². The first-order chi connectivity index (χ1) is 10.9. The predicted octanol–water partition coefficient (Wildman–Crippen LogP) is 2.80. The standard InChI is InChI=1S/C16H19N5S/c1-2-6-15-14(5-1)19-16(22-15)10-20-7-3-4-13(8-20)9-21-12-17-11-18-21/h1-2,5-6,11-13H,3-4,7-10H2. The van der Waals surface area contributed by atoms with E-state index < -0.39 is 0 Å². The first-order valence-corrected chi connectivity index (χ1v) is 8.58. The number of benzene rings is 1. The van der Waals surface area contributed by atoms with Gasteiger partial charge in [0, 0.05) is 13.1 Å². The maximum absolute atomic E-state index is 4.76. The molecule has 1 fully saturated rings. The van der Waals surface area contributed by atoms with Gasteiger partial charge in [-0.05, 0) is 37.4 Å². The summed E-state index contributed by atoms with van der Waals surface area (Å²) < 4.78 is 3.24. The number of piperidine rings is 1. The number of nitrogens with zero attached hydrogens (tertiary/aromatic N) is 5. The van der Waals surface area contributed by atoms with E-state index in [4.69, 9.17) is 4.98 Å². The Balaban J connectivity index is 1.41. The van der Waals surface area contributed by atoms with Gasteiger partial charge in [-0.3, -0.25) is 9.58 Å². The molecule has 22 heavy (non-hydrogen) atoms. The van der Waals surface area contributed by atoms with E-state index in [0.29, 0.717) is 5.92 Å². The molecular weight excluding hydrogens is 294 g/mol. The predicted molar refractivity (Wildman–Crippen MR) is 87.6 cm³/mol. The summed E-state index contributed by atoms with van der Waals surface area (Å²) in [6.07, 6.45) is 5.95. The third kappa shape index (κ3) is 3.03. The summed E-state index contributed by atoms with van der Waals surface area (Å²) in [7, 11) is 0. The van der Waals surface area contributed by atoms with Crippen LogP contribution in [0.15, 0.2) is 36.9 Å². The number of hydrogen-bond donors (Lipinski definition) is 0. The Labute approximate surface area is 133 Å². The minimum Gasteiger partial charge on any atom is -0.296 e. The Bertz CT molecular complexity index is 703. The molecule has 1 atom stereocenters. The minimum atomic E-state index is 0.657. The maximum atomic E-state index is 4.76. The zero-order valence-electron chi connectivity index (χ0n) is 12.4. The monoisotopic (exact) mass is 313 g/mol. The van der Waals surface area contributed by atoms with Gasteiger partial charge in [0.1, 0.15) is 17.7 Å². The first-order valence-electron chi connectivity index (χ1n) is 7.76. The molecule has 0 N–H and O–H groups in total. The molecule has 0 aliphatic carbocycles. The minimum absolute atomic E-state index is 0.657. The zero-order valence-corrected chi connectivity index (χ0v) is 13.2. The van der Waals surface area contributed by atoms with Gasteiger partial charge in [-0.15, -0.1) is 11.3 Å². The smallest absolute Gasteiger partial charge is 0.137 e. The summed E-state index contributed by atoms with van der Waals surface area (Å²) in [6.45, 7) is 4.23. The zero-order chi connectivity index (χ0) is 14.8. The molecule has 1 aliphatic heterocycles. The van der Waals surface area contributed by atoms with Crippen LogP contribution in [-0.4, -0.2) is 37.7 Å². The van der Waals surface area contributed by atoms with E-state index in [-0.39, 0.29) is 0 Å². The van der Waals surface area contributed by atoms with Gasteiger partial charge in [-0.2, -0.15) is 5.10 Å². The van der Waals surface area contributed by atoms with Crippen LogP contribution in [0.3, 0.4) is 0 Å². The third-order valence-electron chi connectivity index (χ3n) is 4.21. The highest BCUT2D eigenvalue weighted by Gasteiger charge is 2.21. The fourth-order valence-corrected chi connectivity index (χ4v) is 4.22. The van der Waals surface area contributed by atoms with Crippen LogP contribution in [0.1, 0.15) is 17.8 Å². The van der Waals surface area contributed by atoms with Crippen LogP contribution in [0.5, 0.6) is 0 Å². The van der Waals surface area contributed by atoms with Crippen molar-refractivity contribution in [3.63, 3.8) is 0 Å². The Morgan fingerprint density at radius 2 is 2.23 bits per heavy atom. The molecular formula is C16H19N5S. The van der Waals surface area contributed by atoms with E-state index in [9.17, 15) is 0 Å². The van der Waals surface area contributed by atoms with Crippen molar-refractivity contribution < 1.29 is 0 Å². The molecule has 4 rings (SSSR count). The van der Waals surface area contributed by atoms with Crippen molar-refractivity contribution in [3.8, 4) is 0 Å². The van der Waals surface area contributed by atoms with Crippen LogP contribution in [-0.2, 0) is 13.1 Å². The lowest BCUT2D eigenvalue weighted by atomic mass is 9.98. The molecule has 3 heterocycles. The van der Waals surface area contributed by atoms with Crippen molar-refractivity contribution in [2.75, 3.05) is 13.1 Å². The van der Waals surface area contributed by atoms with Crippen molar-refractivity contribution in [3.05, 3.63) is 41.9 Å². The van der Waals surface area contributed by atoms with Crippen molar-refractivity contribution in [2.45, 2.75) is 25.9 Å². The molecule has 1 unspecified atom stereocenters. The molecule has 114 valence electrons. The molecule has 2 aromatic heterocycles. The van der Waals surface area contributed by atoms with Gasteiger partial charge in [0.15, 0.2) is 0 Å². The second kappa shape index (κ2) is 6.14. The van der Waals surface area contributed by atoms with Gasteiger partial charge >= 0.3 is 0 Å². The number of rotatable bonds is 4. The van der Waals surface area contributed by atoms with E-state index in [1.807, 2.05) is 22.3 Å². The maximum Gasteiger partial charge on any atom is 0.137 e. The van der Waals surface area contributed by atoms with Crippen LogP contribution in [0.2, 0.25) is 0 Å². The van der Waals surface area contributed by atoms with Crippen LogP contribution in [0.4, 0.5) is 0 Å². The number of aromatic nitrogens is 4. The fraction of sp³-hybridized carbons (Fsp3) is 0.438. The van der Waals surface area contributed by atoms with Crippen LogP contribution in [0.25, 0.3) is 10.2 Å². The normalized spacial score (nSPS) is 19.7. The molecule has 6 heteroatoms. The van der Waals surface area contributed by atoms with Gasteiger partial charge in [0.2, 0.25) is 0 Å². The first kappa shape index (κ1) is 13.8. The molecule has 0 spiro atoms. The second-order valence-electron chi connectivity index (χ2n) is 5.94. The highest BCUT2D eigenvalue weighted by Crippen LogP contribution is 2.25. The van der Waals surface area contributed by atoms with Gasteiger partial charge < -0.3 is 0 Å². The summed E-state index contributed by atoms with van der Waals surface area (Å²) in [5.41, 5.74) is 1.12. The SMILES string of the molecule is c1ccc2sc(CN3CCCC(Cn4cncn4)C3)nc2c1. The van der Waals surface area contributed by atoms with Crippen molar-refractivity contribution >= 4 is 21.6 Å². The number of likely N-dealkylation sites (tertiary alicyclic amines) is 1. The third-order valence-corrected chi connectivity index (χ3v) is 5.23. The number of thiazole rings is 1. The summed E-state index contributed by atoms with van der Waals surface area (Å²) in [4.78, 5) is 11.3. The van der Waals surface area contributed by atoms with Crippen LogP contribution >= 0.6 is 11.3 Å². The van der Waals surface area contributed by atoms with E-state index in [1.54, 1.807) is 6.33 Å². The Morgan fingerprint density at radius 3 is 3.09 bits per heavy atom. The lowest BCUT2D eigenvalue weighted by Crippen LogP contribution is -2.36. The molecule has 1 aromatic carbocycles. The average Bonchev–Trinajstić information content (AvgIpc) is 3.16. The average molecular weight is 313 g/mol. The lowest BCUT2D eigenvalue weighted by molar-refractivity contribution is 0.153. The Hall–Kier alpha value is -1.79. The van der Waals surface area contributed by atoms with Gasteiger partial charge in [0.05, 0.1) is 16.8 Å². The Morgan fingerprint density at radius 1 is 1.27 bits per heavy atom. The Kier molecular flexibility index (Phi) is 3.86. The summed E-state index contributed by atoms with van der Waals surface area (Å²) >= 11 is 1.82. The fourth-order valence-electron chi connectivity index (χ4n) is 3.21. The number of fused-ring (bicyclic) bond motifs is 1. The molecule has 0 saturated carbocycles. The van der Waals surface area contributed by atoms with Crippen molar-refractivity contribution in [1.29, 1.82) is 0 Å². The summed E-state index contributed by atoms with van der Waals surface area (Å²) in [5.74, 6) is 0.657. The highest BCUT2D eigenvalue weighted by molar-refractivity contribution is 7.18. The van der Waals surface area contributed by atoms with E-state index in [1.165, 1.54) is 29.1 Å². The summed E-state index contributed by atoms with van der Waals surface area (Å²) in [5, 5.41) is 5.45. The highest BCUT2D eigenvalue weighted by atomic mass is 32.1. The number of hydrogen-bond acceptors (Lipinski definition) is 5. The van der Waals surface area contributed by atoms with E-state index >= 15 is 0 Å². The number of para-hydroxylation sites is 1. The molecule has 1 aliphatic rings. The largest absolute Gasteiger partial charge is 0.296 e. The molecule has 5 nitrogen and oxygen atoms in total. The molecule has 3 aromatic rings. The second-order valence-corrected chi connectivity index (χ2v) is 7.05. The lowest BCUT2D eigenvalue weighted by Gasteiger charge is -2.31. The van der Waals surface area contributed by atoms with Crippen molar-refractivity contribution in [2.24, 2.45) is 5.92 Å². The van der Waals surface area contributed by atoms with Crippen molar-refractivity contribution in [1.82, 2.24) is 24.6 Å². The van der Waals surface area contributed by atoms with Crippen LogP contribution < -0.4 is 0 Å². The van der Waals surface area contributed by atoms with E-state index in [0.717, 1.165) is 25.2 Å². The van der Waals surface area contributed by atoms with Gasteiger partial charge in [-0.1, -0.05) is 12.1 Å². The van der Waals surface area contributed by atoms with Gasteiger partial charge in [0.25, 0.3) is 0 Å². The van der Waals surface area contributed by atoms with Crippen LogP contribution in [0, 0.1) is 5.92 Å². The molecule has 0 bridgehead atoms. The molecule has 1 saturated heterocycles. The van der Waals surface area contributed by atoms with E-state index in [2.05, 4.69) is 39.2 Å². The quantitative estimate of drug-likeness (QED) is 0.743. The molecule has 0 amide bonds. The molecule has 0 radical (unpaired) electrons.